The molecule has 2 saturated heterocycles. The van der Waals surface area contributed by atoms with Crippen LogP contribution in [-0.2, 0) is 24.3 Å². The maximum Gasteiger partial charge on any atom is 0.248 e. The molecule has 0 aromatic carbocycles. The minimum atomic E-state index is -3.38. The van der Waals surface area contributed by atoms with E-state index in [1.165, 1.54) is 17.7 Å². The lowest BCUT2D eigenvalue weighted by molar-refractivity contribution is -0.136. The van der Waals surface area contributed by atoms with Crippen molar-refractivity contribution in [3.8, 4) is 0 Å². The van der Waals surface area contributed by atoms with Gasteiger partial charge < -0.3 is 14.5 Å². The van der Waals surface area contributed by atoms with Gasteiger partial charge in [-0.1, -0.05) is 0 Å². The molecule has 8 nitrogen and oxygen atoms in total. The van der Waals surface area contributed by atoms with Gasteiger partial charge in [-0.05, 0) is 6.92 Å². The molecule has 0 saturated carbocycles. The molecule has 2 heterocycles. The maximum absolute atomic E-state index is 12.2. The predicted molar refractivity (Wildman–Crippen MR) is 84.2 cm³/mol. The molecule has 0 radical (unpaired) electrons. The number of ether oxygens (including phenoxy) is 1. The first kappa shape index (κ1) is 18.2. The summed E-state index contributed by atoms with van der Waals surface area (Å²) in [6, 6.07) is 0. The lowest BCUT2D eigenvalue weighted by atomic mass is 9.86. The van der Waals surface area contributed by atoms with Crippen LogP contribution in [0.4, 0.5) is 0 Å². The number of nitrogens with zero attached hydrogens (tertiary/aromatic N) is 3. The van der Waals surface area contributed by atoms with Crippen LogP contribution in [0, 0.1) is 5.41 Å². The van der Waals surface area contributed by atoms with Crippen LogP contribution in [0.3, 0.4) is 0 Å². The smallest absolute Gasteiger partial charge is 0.248 e. The van der Waals surface area contributed by atoms with Gasteiger partial charge in [-0.25, -0.2) is 8.42 Å². The minimum absolute atomic E-state index is 0.0157. The molecule has 1 spiro atoms. The van der Waals surface area contributed by atoms with E-state index in [2.05, 4.69) is 0 Å². The summed E-state index contributed by atoms with van der Waals surface area (Å²) in [4.78, 5) is 27.7. The van der Waals surface area contributed by atoms with Crippen LogP contribution in [0.2, 0.25) is 0 Å². The number of hydrogen-bond acceptors (Lipinski definition) is 5. The molecule has 2 aliphatic rings. The van der Waals surface area contributed by atoms with Crippen molar-refractivity contribution in [3.05, 3.63) is 0 Å². The number of carbonyl (C=O) groups excluding carboxylic acids is 2. The molecule has 23 heavy (non-hydrogen) atoms. The number of carbonyl (C=O) groups is 2. The molecule has 9 heteroatoms. The van der Waals surface area contributed by atoms with Gasteiger partial charge >= 0.3 is 0 Å². The van der Waals surface area contributed by atoms with Gasteiger partial charge in [-0.2, -0.15) is 4.31 Å². The van der Waals surface area contributed by atoms with E-state index in [4.69, 9.17) is 4.74 Å². The number of amides is 2. The van der Waals surface area contributed by atoms with Crippen molar-refractivity contribution in [2.45, 2.75) is 13.3 Å². The fraction of sp³-hybridized carbons (Fsp3) is 0.857. The van der Waals surface area contributed by atoms with Crippen LogP contribution >= 0.6 is 0 Å². The average molecular weight is 347 g/mol. The van der Waals surface area contributed by atoms with Gasteiger partial charge in [0.15, 0.2) is 0 Å². The van der Waals surface area contributed by atoms with Crippen molar-refractivity contribution in [3.63, 3.8) is 0 Å². The minimum Gasteiger partial charge on any atom is -0.375 e. The van der Waals surface area contributed by atoms with Gasteiger partial charge in [0, 0.05) is 58.2 Å². The molecule has 2 amide bonds. The summed E-state index contributed by atoms with van der Waals surface area (Å²) in [6.07, 6.45) is 1.44. The Balaban J connectivity index is 2.29. The van der Waals surface area contributed by atoms with Crippen LogP contribution < -0.4 is 0 Å². The second-order valence-corrected chi connectivity index (χ2v) is 8.41. The van der Waals surface area contributed by atoms with Crippen molar-refractivity contribution in [2.75, 3.05) is 59.2 Å². The summed E-state index contributed by atoms with van der Waals surface area (Å²) in [5.74, 6) is -0.161. The standard InChI is InChI=1S/C14H25N3O5S/c1-4-15-9-14(7-12(15)18)10-16(13(19)8-22-2)5-6-17(11-14)23(3,20)21/h4-11H2,1-3H3. The summed E-state index contributed by atoms with van der Waals surface area (Å²) in [5, 5.41) is 0. The highest BCUT2D eigenvalue weighted by molar-refractivity contribution is 7.88. The first-order valence-corrected chi connectivity index (χ1v) is 9.55. The number of likely N-dealkylation sites (tertiary alicyclic amines) is 1. The predicted octanol–water partition coefficient (Wildman–Crippen LogP) is -1.02. The fourth-order valence-corrected chi connectivity index (χ4v) is 4.33. The van der Waals surface area contributed by atoms with Gasteiger partial charge in [0.2, 0.25) is 21.8 Å². The summed E-state index contributed by atoms with van der Waals surface area (Å²) >= 11 is 0. The van der Waals surface area contributed by atoms with Crippen LogP contribution in [0.1, 0.15) is 13.3 Å². The highest BCUT2D eigenvalue weighted by Crippen LogP contribution is 2.35. The zero-order valence-corrected chi connectivity index (χ0v) is 14.8. The fourth-order valence-electron chi connectivity index (χ4n) is 3.41. The molecule has 0 N–H and O–H groups in total. The third-order valence-corrected chi connectivity index (χ3v) is 5.78. The number of hydrogen-bond donors (Lipinski definition) is 0. The quantitative estimate of drug-likeness (QED) is 0.649. The van der Waals surface area contributed by atoms with E-state index in [1.54, 1.807) is 9.80 Å². The summed E-state index contributed by atoms with van der Waals surface area (Å²) in [7, 11) is -1.93. The molecule has 2 fully saturated rings. The Labute approximate surface area is 137 Å². The van der Waals surface area contributed by atoms with E-state index in [1.807, 2.05) is 6.92 Å². The summed E-state index contributed by atoms with van der Waals surface area (Å²) in [5.41, 5.74) is -0.546. The first-order valence-electron chi connectivity index (χ1n) is 7.70. The Bertz CT molecular complexity index is 579. The molecule has 1 unspecified atom stereocenters. The van der Waals surface area contributed by atoms with E-state index in [-0.39, 0.29) is 37.9 Å². The van der Waals surface area contributed by atoms with Crippen molar-refractivity contribution in [1.29, 1.82) is 0 Å². The average Bonchev–Trinajstić information content (AvgIpc) is 2.64. The Hall–Kier alpha value is -1.19. The van der Waals surface area contributed by atoms with Gasteiger partial charge in [0.25, 0.3) is 0 Å². The van der Waals surface area contributed by atoms with Gasteiger partial charge in [-0.15, -0.1) is 0 Å². The second-order valence-electron chi connectivity index (χ2n) is 6.43. The highest BCUT2D eigenvalue weighted by atomic mass is 32.2. The zero-order chi connectivity index (χ0) is 17.3. The lowest BCUT2D eigenvalue weighted by Gasteiger charge is -2.33. The molecular weight excluding hydrogens is 322 g/mol. The monoisotopic (exact) mass is 347 g/mol. The first-order chi connectivity index (χ1) is 10.7. The molecule has 0 bridgehead atoms. The van der Waals surface area contributed by atoms with E-state index in [0.717, 1.165) is 0 Å². The summed E-state index contributed by atoms with van der Waals surface area (Å²) < 4.78 is 30.3. The molecule has 0 aliphatic carbocycles. The van der Waals surface area contributed by atoms with E-state index in [9.17, 15) is 18.0 Å². The Morgan fingerprint density at radius 1 is 1.26 bits per heavy atom. The molecule has 2 rings (SSSR count). The van der Waals surface area contributed by atoms with Crippen LogP contribution in [-0.4, -0.2) is 93.6 Å². The molecule has 0 aromatic rings. The van der Waals surface area contributed by atoms with Crippen molar-refractivity contribution < 1.29 is 22.7 Å². The number of sulfonamides is 1. The second kappa shape index (κ2) is 6.74. The Morgan fingerprint density at radius 2 is 1.96 bits per heavy atom. The Morgan fingerprint density at radius 3 is 2.48 bits per heavy atom. The van der Waals surface area contributed by atoms with Gasteiger partial charge in [-0.3, -0.25) is 9.59 Å². The van der Waals surface area contributed by atoms with Crippen molar-refractivity contribution in [1.82, 2.24) is 14.1 Å². The van der Waals surface area contributed by atoms with Crippen LogP contribution in [0.15, 0.2) is 0 Å². The van der Waals surface area contributed by atoms with Crippen molar-refractivity contribution in [2.24, 2.45) is 5.41 Å². The SMILES string of the molecule is CCN1CC2(CC1=O)CN(C(=O)COC)CCN(S(C)(=O)=O)C2. The van der Waals surface area contributed by atoms with Crippen LogP contribution in [0.25, 0.3) is 0 Å². The van der Waals surface area contributed by atoms with E-state index >= 15 is 0 Å². The topological polar surface area (TPSA) is 87.2 Å². The van der Waals surface area contributed by atoms with Crippen molar-refractivity contribution >= 4 is 21.8 Å². The van der Waals surface area contributed by atoms with E-state index in [0.29, 0.717) is 26.2 Å². The Kier molecular flexibility index (Phi) is 5.32. The zero-order valence-electron chi connectivity index (χ0n) is 13.9. The molecule has 132 valence electrons. The normalized spacial score (nSPS) is 26.8. The largest absolute Gasteiger partial charge is 0.375 e. The van der Waals surface area contributed by atoms with Gasteiger partial charge in [0.05, 0.1) is 6.26 Å². The van der Waals surface area contributed by atoms with Gasteiger partial charge in [0.1, 0.15) is 6.61 Å². The summed E-state index contributed by atoms with van der Waals surface area (Å²) in [6.45, 7) is 4.13. The number of methoxy groups -OCH3 is 1. The molecule has 1 atom stereocenters. The molecular formula is C14H25N3O5S. The van der Waals surface area contributed by atoms with E-state index < -0.39 is 15.4 Å². The van der Waals surface area contributed by atoms with Crippen LogP contribution in [0.5, 0.6) is 0 Å². The third-order valence-electron chi connectivity index (χ3n) is 4.53. The number of rotatable bonds is 4. The maximum atomic E-state index is 12.2. The molecule has 2 aliphatic heterocycles. The lowest BCUT2D eigenvalue weighted by Crippen LogP contribution is -2.45. The third kappa shape index (κ3) is 4.02. The molecule has 0 aromatic heterocycles. The highest BCUT2D eigenvalue weighted by Gasteiger charge is 2.48.